The van der Waals surface area contributed by atoms with Crippen LogP contribution < -0.4 is 4.74 Å². The van der Waals surface area contributed by atoms with Crippen molar-refractivity contribution in [2.75, 3.05) is 5.33 Å². The second kappa shape index (κ2) is 7.52. The van der Waals surface area contributed by atoms with Crippen molar-refractivity contribution < 1.29 is 9.15 Å². The molecule has 0 bridgehead atoms. The molecule has 0 saturated carbocycles. The molecule has 1 heterocycles. The van der Waals surface area contributed by atoms with E-state index in [1.807, 2.05) is 42.5 Å². The molecule has 0 aliphatic rings. The van der Waals surface area contributed by atoms with Crippen molar-refractivity contribution in [2.24, 2.45) is 0 Å². The molecule has 0 aliphatic carbocycles. The van der Waals surface area contributed by atoms with Gasteiger partial charge in [0.15, 0.2) is 5.58 Å². The highest BCUT2D eigenvalue weighted by Crippen LogP contribution is 2.29. The third kappa shape index (κ3) is 3.76. The lowest BCUT2D eigenvalue weighted by atomic mass is 10.1. The molecule has 4 rings (SSSR count). The van der Waals surface area contributed by atoms with Gasteiger partial charge in [0.1, 0.15) is 17.0 Å². The largest absolute Gasteiger partial charge is 0.457 e. The highest BCUT2D eigenvalue weighted by molar-refractivity contribution is 9.09. The molecule has 0 saturated heterocycles. The van der Waals surface area contributed by atoms with Crippen LogP contribution in [-0.2, 0) is 6.42 Å². The van der Waals surface area contributed by atoms with E-state index < -0.39 is 0 Å². The van der Waals surface area contributed by atoms with Crippen molar-refractivity contribution >= 4 is 38.6 Å². The summed E-state index contributed by atoms with van der Waals surface area (Å²) < 4.78 is 11.7. The molecule has 26 heavy (non-hydrogen) atoms. The first-order valence-electron chi connectivity index (χ1n) is 8.20. The normalized spacial score (nSPS) is 11.0. The second-order valence-electron chi connectivity index (χ2n) is 5.84. The smallest absolute Gasteiger partial charge is 0.227 e. The van der Waals surface area contributed by atoms with Gasteiger partial charge < -0.3 is 9.15 Å². The van der Waals surface area contributed by atoms with Crippen LogP contribution in [0.1, 0.15) is 5.56 Å². The van der Waals surface area contributed by atoms with Crippen LogP contribution in [0.3, 0.4) is 0 Å². The highest BCUT2D eigenvalue weighted by Gasteiger charge is 2.10. The van der Waals surface area contributed by atoms with Gasteiger partial charge in [0.2, 0.25) is 5.89 Å². The molecule has 0 unspecified atom stereocenters. The Kier molecular flexibility index (Phi) is 4.96. The van der Waals surface area contributed by atoms with Gasteiger partial charge in [-0.3, -0.25) is 0 Å². The molecule has 130 valence electrons. The quantitative estimate of drug-likeness (QED) is 0.325. The number of oxazole rings is 1. The van der Waals surface area contributed by atoms with Gasteiger partial charge in [0, 0.05) is 22.0 Å². The molecule has 0 aliphatic heterocycles. The Morgan fingerprint density at radius 3 is 2.38 bits per heavy atom. The standard InChI is InChI=1S/C21H15BrClNO2/c22-12-11-14-1-3-15(4-2-14)21-24-19-13-18(9-10-20(19)26-21)25-17-7-5-16(23)6-8-17/h1-10,13H,11-12H2. The molecule has 1 aromatic heterocycles. The minimum Gasteiger partial charge on any atom is -0.457 e. The molecule has 0 atom stereocenters. The first kappa shape index (κ1) is 17.1. The second-order valence-corrected chi connectivity index (χ2v) is 7.07. The molecule has 5 heteroatoms. The number of alkyl halides is 1. The lowest BCUT2D eigenvalue weighted by Gasteiger charge is -2.04. The number of rotatable bonds is 5. The summed E-state index contributed by atoms with van der Waals surface area (Å²) >= 11 is 9.36. The van der Waals surface area contributed by atoms with Crippen molar-refractivity contribution in [1.82, 2.24) is 4.98 Å². The Hall–Kier alpha value is -2.30. The minimum absolute atomic E-state index is 0.606. The van der Waals surface area contributed by atoms with E-state index in [2.05, 4.69) is 33.0 Å². The lowest BCUT2D eigenvalue weighted by molar-refractivity contribution is 0.483. The molecular formula is C21H15BrClNO2. The summed E-state index contributed by atoms with van der Waals surface area (Å²) in [5.74, 6) is 2.03. The average molecular weight is 429 g/mol. The van der Waals surface area contributed by atoms with Crippen LogP contribution in [0.15, 0.2) is 71.1 Å². The Morgan fingerprint density at radius 1 is 0.923 bits per heavy atom. The van der Waals surface area contributed by atoms with Crippen LogP contribution in [-0.4, -0.2) is 10.3 Å². The number of ether oxygens (including phenoxy) is 1. The number of aromatic nitrogens is 1. The first-order valence-corrected chi connectivity index (χ1v) is 9.70. The number of aryl methyl sites for hydroxylation is 1. The molecule has 0 fully saturated rings. The Balaban J connectivity index is 1.60. The van der Waals surface area contributed by atoms with E-state index in [0.29, 0.717) is 16.7 Å². The van der Waals surface area contributed by atoms with Crippen molar-refractivity contribution in [1.29, 1.82) is 0 Å². The van der Waals surface area contributed by atoms with Gasteiger partial charge >= 0.3 is 0 Å². The van der Waals surface area contributed by atoms with Gasteiger partial charge in [0.25, 0.3) is 0 Å². The molecule has 0 N–H and O–H groups in total. The number of hydrogen-bond acceptors (Lipinski definition) is 3. The van der Waals surface area contributed by atoms with Crippen molar-refractivity contribution in [3.63, 3.8) is 0 Å². The van der Waals surface area contributed by atoms with Crippen LogP contribution in [0.4, 0.5) is 0 Å². The summed E-state index contributed by atoms with van der Waals surface area (Å²) in [5, 5.41) is 1.63. The average Bonchev–Trinajstić information content (AvgIpc) is 3.08. The Morgan fingerprint density at radius 2 is 1.65 bits per heavy atom. The van der Waals surface area contributed by atoms with Gasteiger partial charge in [-0.2, -0.15) is 0 Å². The number of fused-ring (bicyclic) bond motifs is 1. The molecule has 0 amide bonds. The maximum atomic E-state index is 5.90. The topological polar surface area (TPSA) is 35.3 Å². The monoisotopic (exact) mass is 427 g/mol. The third-order valence-electron chi connectivity index (χ3n) is 3.99. The van der Waals surface area contributed by atoms with E-state index in [0.717, 1.165) is 34.2 Å². The Labute approximate surface area is 164 Å². The van der Waals surface area contributed by atoms with Crippen LogP contribution >= 0.6 is 27.5 Å². The molecule has 0 radical (unpaired) electrons. The summed E-state index contributed by atoms with van der Waals surface area (Å²) in [7, 11) is 0. The summed E-state index contributed by atoms with van der Waals surface area (Å²) in [4.78, 5) is 4.60. The van der Waals surface area contributed by atoms with E-state index in [-0.39, 0.29) is 0 Å². The summed E-state index contributed by atoms with van der Waals surface area (Å²) in [5.41, 5.74) is 3.73. The number of nitrogens with zero attached hydrogens (tertiary/aromatic N) is 1. The molecule has 0 spiro atoms. The summed E-state index contributed by atoms with van der Waals surface area (Å²) in [6.45, 7) is 0. The van der Waals surface area contributed by atoms with Crippen molar-refractivity contribution in [2.45, 2.75) is 6.42 Å². The van der Waals surface area contributed by atoms with Crippen LogP contribution in [0.25, 0.3) is 22.6 Å². The van der Waals surface area contributed by atoms with Gasteiger partial charge in [-0.25, -0.2) is 4.98 Å². The first-order chi connectivity index (χ1) is 12.7. The lowest BCUT2D eigenvalue weighted by Crippen LogP contribution is -1.85. The highest BCUT2D eigenvalue weighted by atomic mass is 79.9. The zero-order valence-corrected chi connectivity index (χ0v) is 16.1. The predicted molar refractivity (Wildman–Crippen MR) is 108 cm³/mol. The van der Waals surface area contributed by atoms with Gasteiger partial charge in [-0.05, 0) is 60.5 Å². The molecule has 3 nitrogen and oxygen atoms in total. The van der Waals surface area contributed by atoms with E-state index >= 15 is 0 Å². The van der Waals surface area contributed by atoms with Gasteiger partial charge in [-0.1, -0.05) is 39.7 Å². The third-order valence-corrected chi connectivity index (χ3v) is 4.64. The maximum absolute atomic E-state index is 5.90. The number of hydrogen-bond donors (Lipinski definition) is 0. The fourth-order valence-corrected chi connectivity index (χ4v) is 3.24. The van der Waals surface area contributed by atoms with Crippen molar-refractivity contribution in [3.05, 3.63) is 77.3 Å². The molecular weight excluding hydrogens is 414 g/mol. The van der Waals surface area contributed by atoms with E-state index in [1.165, 1.54) is 5.56 Å². The van der Waals surface area contributed by atoms with Crippen molar-refractivity contribution in [3.8, 4) is 23.0 Å². The zero-order valence-electron chi connectivity index (χ0n) is 13.8. The SMILES string of the molecule is Clc1ccc(Oc2ccc3oc(-c4ccc(CCBr)cc4)nc3c2)cc1. The van der Waals surface area contributed by atoms with Gasteiger partial charge in [0.05, 0.1) is 0 Å². The summed E-state index contributed by atoms with van der Waals surface area (Å²) in [6.07, 6.45) is 0.999. The van der Waals surface area contributed by atoms with E-state index in [9.17, 15) is 0 Å². The molecule has 3 aromatic carbocycles. The maximum Gasteiger partial charge on any atom is 0.227 e. The number of benzene rings is 3. The van der Waals surface area contributed by atoms with Crippen LogP contribution in [0, 0.1) is 0 Å². The number of halogens is 2. The van der Waals surface area contributed by atoms with Gasteiger partial charge in [-0.15, -0.1) is 0 Å². The summed E-state index contributed by atoms with van der Waals surface area (Å²) in [6, 6.07) is 21.1. The fourth-order valence-electron chi connectivity index (χ4n) is 2.66. The van der Waals surface area contributed by atoms with E-state index in [1.54, 1.807) is 12.1 Å². The molecule has 4 aromatic rings. The Bertz CT molecular complexity index is 1030. The minimum atomic E-state index is 0.606. The van der Waals surface area contributed by atoms with Crippen LogP contribution in [0.5, 0.6) is 11.5 Å². The van der Waals surface area contributed by atoms with E-state index in [4.69, 9.17) is 20.8 Å². The fraction of sp³-hybridized carbons (Fsp3) is 0.0952. The predicted octanol–water partition coefficient (Wildman–Crippen LogP) is 6.88. The van der Waals surface area contributed by atoms with Crippen LogP contribution in [0.2, 0.25) is 5.02 Å². The zero-order chi connectivity index (χ0) is 17.9.